The van der Waals surface area contributed by atoms with Crippen LogP contribution in [0.25, 0.3) is 11.5 Å². The summed E-state index contributed by atoms with van der Waals surface area (Å²) in [6, 6.07) is 5.79. The molecule has 2 aromatic rings. The van der Waals surface area contributed by atoms with Crippen LogP contribution in [0.5, 0.6) is 5.75 Å². The molecule has 0 saturated heterocycles. The number of fused-ring (bicyclic) bond motifs is 1. The maximum Gasteiger partial charge on any atom is 0.228 e. The Kier molecular flexibility index (Phi) is 1.47. The van der Waals surface area contributed by atoms with Crippen LogP contribution in [0.3, 0.4) is 0 Å². The summed E-state index contributed by atoms with van der Waals surface area (Å²) in [5, 5.41) is 3.13. The van der Waals surface area contributed by atoms with E-state index in [2.05, 4.69) is 10.3 Å². The molecule has 0 fully saturated rings. The lowest BCUT2D eigenvalue weighted by Gasteiger charge is -2.01. The monoisotopic (exact) mass is 188 g/mol. The smallest absolute Gasteiger partial charge is 0.228 e. The van der Waals surface area contributed by atoms with Crippen LogP contribution in [-0.4, -0.2) is 11.7 Å². The summed E-state index contributed by atoms with van der Waals surface area (Å²) in [6.07, 6.45) is 3.19. The van der Waals surface area contributed by atoms with E-state index in [0.29, 0.717) is 12.6 Å². The topological polar surface area (TPSA) is 47.3 Å². The van der Waals surface area contributed by atoms with Crippen molar-refractivity contribution in [2.45, 2.75) is 0 Å². The van der Waals surface area contributed by atoms with Gasteiger partial charge in [-0.05, 0) is 12.1 Å². The van der Waals surface area contributed by atoms with Gasteiger partial charge >= 0.3 is 0 Å². The van der Waals surface area contributed by atoms with E-state index >= 15 is 0 Å². The largest absolute Gasteiger partial charge is 0.471 e. The van der Waals surface area contributed by atoms with Crippen LogP contribution in [0, 0.1) is 0 Å². The SMILES string of the molecule is c1cc2c(c(-c3ncco3)c1)NCO2. The van der Waals surface area contributed by atoms with Gasteiger partial charge in [-0.25, -0.2) is 4.98 Å². The highest BCUT2D eigenvalue weighted by atomic mass is 16.5. The number of nitrogens with one attached hydrogen (secondary N) is 1. The van der Waals surface area contributed by atoms with Gasteiger partial charge < -0.3 is 14.5 Å². The van der Waals surface area contributed by atoms with E-state index in [9.17, 15) is 0 Å². The van der Waals surface area contributed by atoms with Gasteiger partial charge in [0.2, 0.25) is 5.89 Å². The predicted molar refractivity (Wildman–Crippen MR) is 51.1 cm³/mol. The molecule has 1 aromatic heterocycles. The van der Waals surface area contributed by atoms with Gasteiger partial charge in [0, 0.05) is 0 Å². The predicted octanol–water partition coefficient (Wildman–Crippen LogP) is 2.10. The molecule has 0 radical (unpaired) electrons. The van der Waals surface area contributed by atoms with Gasteiger partial charge in [-0.15, -0.1) is 0 Å². The van der Waals surface area contributed by atoms with Gasteiger partial charge in [-0.3, -0.25) is 0 Å². The summed E-state index contributed by atoms with van der Waals surface area (Å²) < 4.78 is 10.6. The normalized spacial score (nSPS) is 13.1. The molecule has 0 saturated carbocycles. The Morgan fingerprint density at radius 2 is 2.36 bits per heavy atom. The van der Waals surface area contributed by atoms with Gasteiger partial charge in [0.05, 0.1) is 17.4 Å². The van der Waals surface area contributed by atoms with Crippen molar-refractivity contribution in [3.63, 3.8) is 0 Å². The second-order valence-corrected chi connectivity index (χ2v) is 2.98. The number of hydrogen-bond donors (Lipinski definition) is 1. The standard InChI is InChI=1S/C10H8N2O2/c1-2-7(10-11-4-5-13-10)9-8(3-1)14-6-12-9/h1-5,12H,6H2. The van der Waals surface area contributed by atoms with Crippen molar-refractivity contribution in [2.24, 2.45) is 0 Å². The van der Waals surface area contributed by atoms with Crippen molar-refractivity contribution >= 4 is 5.69 Å². The Morgan fingerprint density at radius 3 is 3.21 bits per heavy atom. The zero-order chi connectivity index (χ0) is 9.38. The van der Waals surface area contributed by atoms with Crippen molar-refractivity contribution < 1.29 is 9.15 Å². The van der Waals surface area contributed by atoms with Gasteiger partial charge in [-0.2, -0.15) is 0 Å². The summed E-state index contributed by atoms with van der Waals surface area (Å²) in [6.45, 7) is 0.507. The summed E-state index contributed by atoms with van der Waals surface area (Å²) in [5.41, 5.74) is 1.89. The number of aromatic nitrogens is 1. The minimum absolute atomic E-state index is 0.507. The van der Waals surface area contributed by atoms with E-state index in [1.54, 1.807) is 12.5 Å². The van der Waals surface area contributed by atoms with Crippen molar-refractivity contribution in [1.82, 2.24) is 4.98 Å². The third-order valence-electron chi connectivity index (χ3n) is 2.17. The summed E-state index contributed by atoms with van der Waals surface area (Å²) in [7, 11) is 0. The second kappa shape index (κ2) is 2.77. The molecule has 0 aliphatic carbocycles. The van der Waals surface area contributed by atoms with E-state index in [0.717, 1.165) is 17.0 Å². The molecule has 1 aliphatic rings. The number of oxazole rings is 1. The Bertz CT molecular complexity index is 451. The fourth-order valence-electron chi connectivity index (χ4n) is 1.55. The average Bonchev–Trinajstić information content (AvgIpc) is 2.88. The first kappa shape index (κ1) is 7.44. The van der Waals surface area contributed by atoms with Crippen LogP contribution in [0.1, 0.15) is 0 Å². The van der Waals surface area contributed by atoms with E-state index in [1.807, 2.05) is 18.2 Å². The minimum atomic E-state index is 0.507. The van der Waals surface area contributed by atoms with E-state index in [1.165, 1.54) is 0 Å². The summed E-state index contributed by atoms with van der Waals surface area (Å²) >= 11 is 0. The third-order valence-corrected chi connectivity index (χ3v) is 2.17. The maximum absolute atomic E-state index is 5.36. The van der Waals surface area contributed by atoms with E-state index in [4.69, 9.17) is 9.15 Å². The molecule has 0 unspecified atom stereocenters. The quantitative estimate of drug-likeness (QED) is 0.744. The molecule has 0 spiro atoms. The Morgan fingerprint density at radius 1 is 1.36 bits per heavy atom. The number of ether oxygens (including phenoxy) is 1. The third kappa shape index (κ3) is 0.970. The Labute approximate surface area is 80.5 Å². The van der Waals surface area contributed by atoms with Crippen LogP contribution in [0.15, 0.2) is 35.1 Å². The molecule has 3 rings (SSSR count). The molecule has 2 heterocycles. The van der Waals surface area contributed by atoms with Crippen LogP contribution in [0.2, 0.25) is 0 Å². The number of nitrogens with zero attached hydrogens (tertiary/aromatic N) is 1. The van der Waals surface area contributed by atoms with Gasteiger partial charge in [-0.1, -0.05) is 6.07 Å². The van der Waals surface area contributed by atoms with Crippen molar-refractivity contribution in [1.29, 1.82) is 0 Å². The van der Waals surface area contributed by atoms with Gasteiger partial charge in [0.1, 0.15) is 12.0 Å². The van der Waals surface area contributed by atoms with Gasteiger partial charge in [0.25, 0.3) is 0 Å². The van der Waals surface area contributed by atoms with E-state index < -0.39 is 0 Å². The second-order valence-electron chi connectivity index (χ2n) is 2.98. The lowest BCUT2D eigenvalue weighted by molar-refractivity contribution is 0.372. The molecule has 0 bridgehead atoms. The molecule has 14 heavy (non-hydrogen) atoms. The maximum atomic E-state index is 5.36. The van der Waals surface area contributed by atoms with Crippen LogP contribution < -0.4 is 10.1 Å². The highest BCUT2D eigenvalue weighted by Crippen LogP contribution is 2.37. The molecule has 1 N–H and O–H groups in total. The fraction of sp³-hybridized carbons (Fsp3) is 0.100. The highest BCUT2D eigenvalue weighted by molar-refractivity contribution is 5.79. The van der Waals surface area contributed by atoms with Crippen molar-refractivity contribution in [2.75, 3.05) is 12.0 Å². The summed E-state index contributed by atoms with van der Waals surface area (Å²) in [5.74, 6) is 1.46. The number of rotatable bonds is 1. The molecule has 0 atom stereocenters. The number of benzene rings is 1. The zero-order valence-corrected chi connectivity index (χ0v) is 7.36. The average molecular weight is 188 g/mol. The van der Waals surface area contributed by atoms with Gasteiger partial charge in [0.15, 0.2) is 6.73 Å². The van der Waals surface area contributed by atoms with Crippen molar-refractivity contribution in [3.8, 4) is 17.2 Å². The molecule has 0 amide bonds. The molecule has 1 aromatic carbocycles. The molecule has 4 nitrogen and oxygen atoms in total. The molecular formula is C10H8N2O2. The first-order valence-corrected chi connectivity index (χ1v) is 4.35. The molecule has 70 valence electrons. The molecule has 4 heteroatoms. The fourth-order valence-corrected chi connectivity index (χ4v) is 1.55. The Hall–Kier alpha value is -1.97. The molecule has 1 aliphatic heterocycles. The first-order chi connectivity index (χ1) is 6.95. The van der Waals surface area contributed by atoms with Crippen LogP contribution in [0.4, 0.5) is 5.69 Å². The minimum Gasteiger partial charge on any atom is -0.471 e. The number of para-hydroxylation sites is 1. The summed E-state index contributed by atoms with van der Waals surface area (Å²) in [4.78, 5) is 4.10. The lowest BCUT2D eigenvalue weighted by atomic mass is 10.1. The lowest BCUT2D eigenvalue weighted by Crippen LogP contribution is -1.97. The van der Waals surface area contributed by atoms with Crippen LogP contribution in [-0.2, 0) is 0 Å². The zero-order valence-electron chi connectivity index (χ0n) is 7.36. The van der Waals surface area contributed by atoms with Crippen LogP contribution >= 0.6 is 0 Å². The number of anilines is 1. The van der Waals surface area contributed by atoms with E-state index in [-0.39, 0.29) is 0 Å². The highest BCUT2D eigenvalue weighted by Gasteiger charge is 2.17. The number of hydrogen-bond acceptors (Lipinski definition) is 4. The molecular weight excluding hydrogens is 180 g/mol. The first-order valence-electron chi connectivity index (χ1n) is 4.35. The Balaban J connectivity index is 2.20. The van der Waals surface area contributed by atoms with Crippen molar-refractivity contribution in [3.05, 3.63) is 30.7 Å².